The number of nitrogen functional groups attached to an aromatic ring is 1. The summed E-state index contributed by atoms with van der Waals surface area (Å²) in [6.07, 6.45) is 0. The third-order valence-electron chi connectivity index (χ3n) is 2.79. The van der Waals surface area contributed by atoms with E-state index in [0.717, 1.165) is 15.1 Å². The second-order valence-electron chi connectivity index (χ2n) is 3.96. The number of hydrogen-bond donors (Lipinski definition) is 1. The number of benzene rings is 1. The van der Waals surface area contributed by atoms with Crippen LogP contribution in [0.1, 0.15) is 20.1 Å². The van der Waals surface area contributed by atoms with E-state index in [1.165, 1.54) is 22.9 Å². The summed E-state index contributed by atoms with van der Waals surface area (Å²) in [7, 11) is 0. The largest absolute Gasteiger partial charge is 0.397 e. The highest BCUT2D eigenvalue weighted by Gasteiger charge is 2.20. The second kappa shape index (κ2) is 4.19. The van der Waals surface area contributed by atoms with Crippen LogP contribution >= 0.6 is 22.9 Å². The van der Waals surface area contributed by atoms with Crippen molar-refractivity contribution in [3.63, 3.8) is 0 Å². The third kappa shape index (κ3) is 1.63. The van der Waals surface area contributed by atoms with Gasteiger partial charge < -0.3 is 5.73 Å². The van der Waals surface area contributed by atoms with Crippen molar-refractivity contribution >= 4 is 44.6 Å². The van der Waals surface area contributed by atoms with Crippen LogP contribution in [0.2, 0.25) is 0 Å². The molecule has 0 spiro atoms. The molecule has 90 valence electrons. The van der Waals surface area contributed by atoms with Crippen molar-refractivity contribution in [2.75, 3.05) is 5.73 Å². The van der Waals surface area contributed by atoms with E-state index in [0.29, 0.717) is 16.1 Å². The number of thiophene rings is 1. The van der Waals surface area contributed by atoms with Gasteiger partial charge in [-0.1, -0.05) is 30.3 Å². The molecule has 3 rings (SSSR count). The molecular formula is C13H10N2OS2. The van der Waals surface area contributed by atoms with Crippen LogP contribution in [0.3, 0.4) is 0 Å². The number of carbonyl (C=O) groups excluding carboxylic acids is 1. The number of nitrogens with two attached hydrogens (primary N) is 1. The molecule has 0 atom stereocenters. The van der Waals surface area contributed by atoms with Gasteiger partial charge in [-0.25, -0.2) is 0 Å². The normalized spacial score (nSPS) is 10.9. The smallest absolute Gasteiger partial charge is 0.205 e. The maximum absolute atomic E-state index is 12.4. The molecule has 18 heavy (non-hydrogen) atoms. The fourth-order valence-corrected chi connectivity index (χ4v) is 3.80. The van der Waals surface area contributed by atoms with Crippen LogP contribution in [0.4, 0.5) is 5.69 Å². The van der Waals surface area contributed by atoms with Crippen molar-refractivity contribution in [2.45, 2.75) is 6.92 Å². The Hall–Kier alpha value is -1.72. The number of ketones is 1. The number of aromatic nitrogens is 1. The van der Waals surface area contributed by atoms with Gasteiger partial charge in [-0.2, -0.15) is 4.37 Å². The maximum Gasteiger partial charge on any atom is 0.205 e. The molecule has 2 N–H and O–H groups in total. The van der Waals surface area contributed by atoms with Crippen LogP contribution in [0.15, 0.2) is 30.3 Å². The summed E-state index contributed by atoms with van der Waals surface area (Å²) in [6, 6.07) is 9.19. The molecule has 5 heteroatoms. The molecule has 0 amide bonds. The van der Waals surface area contributed by atoms with E-state index in [9.17, 15) is 4.79 Å². The number of aryl methyl sites for hydroxylation is 1. The van der Waals surface area contributed by atoms with Crippen LogP contribution < -0.4 is 5.73 Å². The number of fused-ring (bicyclic) bond motifs is 1. The van der Waals surface area contributed by atoms with Gasteiger partial charge >= 0.3 is 0 Å². The van der Waals surface area contributed by atoms with E-state index in [2.05, 4.69) is 4.37 Å². The Morgan fingerprint density at radius 2 is 2.00 bits per heavy atom. The van der Waals surface area contributed by atoms with Gasteiger partial charge in [0.25, 0.3) is 0 Å². The molecule has 0 bridgehead atoms. The first kappa shape index (κ1) is 11.4. The minimum Gasteiger partial charge on any atom is -0.397 e. The van der Waals surface area contributed by atoms with Crippen molar-refractivity contribution < 1.29 is 4.79 Å². The zero-order valence-corrected chi connectivity index (χ0v) is 11.3. The predicted octanol–water partition coefficient (Wildman–Crippen LogP) is 3.48. The number of nitrogens with zero attached hydrogens (tertiary/aromatic N) is 1. The molecule has 0 fully saturated rings. The molecule has 0 radical (unpaired) electrons. The quantitative estimate of drug-likeness (QED) is 0.728. The third-order valence-corrected chi connectivity index (χ3v) is 4.75. The molecule has 2 aromatic heterocycles. The fraction of sp³-hybridized carbons (Fsp3) is 0.0769. The molecule has 0 saturated carbocycles. The van der Waals surface area contributed by atoms with Crippen molar-refractivity contribution in [1.29, 1.82) is 0 Å². The molecule has 0 unspecified atom stereocenters. The van der Waals surface area contributed by atoms with Gasteiger partial charge in [0.15, 0.2) is 0 Å². The Bertz CT molecular complexity index is 728. The molecule has 3 nitrogen and oxygen atoms in total. The van der Waals surface area contributed by atoms with Crippen molar-refractivity contribution in [2.24, 2.45) is 0 Å². The lowest BCUT2D eigenvalue weighted by Crippen LogP contribution is -2.01. The summed E-state index contributed by atoms with van der Waals surface area (Å²) in [6.45, 7) is 1.97. The van der Waals surface area contributed by atoms with Gasteiger partial charge in [0.2, 0.25) is 5.78 Å². The molecule has 2 heterocycles. The minimum atomic E-state index is -0.0273. The monoisotopic (exact) mass is 274 g/mol. The number of carbonyl (C=O) groups is 1. The molecule has 0 aliphatic rings. The van der Waals surface area contributed by atoms with Crippen LogP contribution in [0.5, 0.6) is 0 Å². The first-order valence-electron chi connectivity index (χ1n) is 5.42. The van der Waals surface area contributed by atoms with Gasteiger partial charge in [-0.05, 0) is 18.5 Å². The maximum atomic E-state index is 12.4. The summed E-state index contributed by atoms with van der Waals surface area (Å²) in [5.41, 5.74) is 7.31. The fourth-order valence-electron chi connectivity index (χ4n) is 1.88. The lowest BCUT2D eigenvalue weighted by Gasteiger charge is -1.99. The predicted molar refractivity (Wildman–Crippen MR) is 76.5 cm³/mol. The second-order valence-corrected chi connectivity index (χ2v) is 5.94. The Labute approximate surface area is 112 Å². The van der Waals surface area contributed by atoms with Gasteiger partial charge in [0.05, 0.1) is 11.1 Å². The average molecular weight is 274 g/mol. The lowest BCUT2D eigenvalue weighted by molar-refractivity contribution is 0.104. The van der Waals surface area contributed by atoms with Crippen LogP contribution in [-0.2, 0) is 0 Å². The van der Waals surface area contributed by atoms with Gasteiger partial charge in [0, 0.05) is 10.4 Å². The summed E-state index contributed by atoms with van der Waals surface area (Å²) in [5, 5.41) is 0.935. The zero-order valence-electron chi connectivity index (χ0n) is 9.64. The van der Waals surface area contributed by atoms with E-state index in [1.54, 1.807) is 12.1 Å². The van der Waals surface area contributed by atoms with E-state index in [4.69, 9.17) is 5.73 Å². The van der Waals surface area contributed by atoms with E-state index >= 15 is 0 Å². The average Bonchev–Trinajstić information content (AvgIpc) is 2.92. The zero-order chi connectivity index (χ0) is 12.7. The Morgan fingerprint density at radius 1 is 1.28 bits per heavy atom. The molecule has 1 aromatic carbocycles. The Kier molecular flexibility index (Phi) is 2.65. The van der Waals surface area contributed by atoms with Crippen LogP contribution in [-0.4, -0.2) is 10.2 Å². The van der Waals surface area contributed by atoms with Gasteiger partial charge in [-0.15, -0.1) is 11.3 Å². The standard InChI is InChI=1S/C13H10N2OS2/c1-7-9-10(14)12(17-13(9)15-18-7)11(16)8-5-3-2-4-6-8/h2-6H,14H2,1H3. The van der Waals surface area contributed by atoms with Crippen molar-refractivity contribution in [1.82, 2.24) is 4.37 Å². The summed E-state index contributed by atoms with van der Waals surface area (Å²) < 4.78 is 4.30. The summed E-state index contributed by atoms with van der Waals surface area (Å²) in [5.74, 6) is -0.0273. The van der Waals surface area contributed by atoms with E-state index in [1.807, 2.05) is 25.1 Å². The molecule has 3 aromatic rings. The number of anilines is 1. The topological polar surface area (TPSA) is 56.0 Å². The highest BCUT2D eigenvalue weighted by atomic mass is 32.1. The van der Waals surface area contributed by atoms with Gasteiger partial charge in [0.1, 0.15) is 9.71 Å². The molecule has 0 aliphatic carbocycles. The van der Waals surface area contributed by atoms with E-state index in [-0.39, 0.29) is 5.78 Å². The lowest BCUT2D eigenvalue weighted by atomic mass is 10.1. The Morgan fingerprint density at radius 3 is 2.67 bits per heavy atom. The molecule has 0 saturated heterocycles. The minimum absolute atomic E-state index is 0.0273. The number of rotatable bonds is 2. The number of hydrogen-bond acceptors (Lipinski definition) is 5. The summed E-state index contributed by atoms with van der Waals surface area (Å²) >= 11 is 2.80. The van der Waals surface area contributed by atoms with Crippen LogP contribution in [0, 0.1) is 6.92 Å². The van der Waals surface area contributed by atoms with Crippen molar-refractivity contribution in [3.8, 4) is 0 Å². The summed E-state index contributed by atoms with van der Waals surface area (Å²) in [4.78, 5) is 14.9. The van der Waals surface area contributed by atoms with Crippen molar-refractivity contribution in [3.05, 3.63) is 45.6 Å². The Balaban J connectivity index is 2.15. The first-order chi connectivity index (χ1) is 8.68. The van der Waals surface area contributed by atoms with E-state index < -0.39 is 0 Å². The highest BCUT2D eigenvalue weighted by molar-refractivity contribution is 7.23. The first-order valence-corrected chi connectivity index (χ1v) is 7.01. The van der Waals surface area contributed by atoms with Crippen LogP contribution in [0.25, 0.3) is 10.2 Å². The van der Waals surface area contributed by atoms with Gasteiger partial charge in [-0.3, -0.25) is 4.79 Å². The molecular weight excluding hydrogens is 264 g/mol. The molecule has 0 aliphatic heterocycles. The highest BCUT2D eigenvalue weighted by Crippen LogP contribution is 2.38. The SMILES string of the molecule is Cc1snc2sc(C(=O)c3ccccc3)c(N)c12.